The van der Waals surface area contributed by atoms with Gasteiger partial charge < -0.3 is 14.5 Å². The fourth-order valence-electron chi connectivity index (χ4n) is 5.89. The molecular formula is C30H34N4O3S. The molecule has 0 atom stereocenters. The molecule has 0 fully saturated rings. The predicted octanol–water partition coefficient (Wildman–Crippen LogP) is 4.71. The van der Waals surface area contributed by atoms with Gasteiger partial charge in [-0.05, 0) is 68.0 Å². The van der Waals surface area contributed by atoms with E-state index in [1.54, 1.807) is 0 Å². The van der Waals surface area contributed by atoms with Crippen LogP contribution in [0.25, 0.3) is 11.1 Å². The number of fused-ring (bicyclic) bond motifs is 3. The number of amides is 1. The molecule has 1 aromatic heterocycles. The van der Waals surface area contributed by atoms with Gasteiger partial charge in [-0.2, -0.15) is 0 Å². The minimum atomic E-state index is -0.495. The minimum absolute atomic E-state index is 0.0305. The van der Waals surface area contributed by atoms with E-state index in [2.05, 4.69) is 53.2 Å². The average molecular weight is 531 g/mol. The molecule has 0 saturated heterocycles. The summed E-state index contributed by atoms with van der Waals surface area (Å²) in [6.45, 7) is 8.94. The Kier molecular flexibility index (Phi) is 6.27. The van der Waals surface area contributed by atoms with E-state index >= 15 is 0 Å². The Balaban J connectivity index is 1.22. The van der Waals surface area contributed by atoms with Crippen LogP contribution in [0.15, 0.2) is 36.4 Å². The third-order valence-corrected chi connectivity index (χ3v) is 8.66. The Morgan fingerprint density at radius 1 is 0.947 bits per heavy atom. The van der Waals surface area contributed by atoms with Gasteiger partial charge in [-0.15, -0.1) is 11.3 Å². The van der Waals surface area contributed by atoms with Gasteiger partial charge in [0.05, 0.1) is 12.2 Å². The fraction of sp³-hybridized carbons (Fsp3) is 0.433. The minimum Gasteiger partial charge on any atom is -0.459 e. The highest BCUT2D eigenvalue weighted by atomic mass is 32.1. The second-order valence-corrected chi connectivity index (χ2v) is 12.5. The molecule has 3 aromatic rings. The molecule has 0 unspecified atom stereocenters. The van der Waals surface area contributed by atoms with Crippen molar-refractivity contribution in [1.82, 2.24) is 9.88 Å². The summed E-state index contributed by atoms with van der Waals surface area (Å²) in [4.78, 5) is 38.1. The second kappa shape index (κ2) is 9.50. The van der Waals surface area contributed by atoms with E-state index in [9.17, 15) is 9.59 Å². The molecule has 3 aliphatic heterocycles. The van der Waals surface area contributed by atoms with E-state index in [4.69, 9.17) is 9.72 Å². The van der Waals surface area contributed by atoms with Crippen LogP contribution in [0.5, 0.6) is 0 Å². The topological polar surface area (TPSA) is 66.0 Å². The molecule has 2 aromatic carbocycles. The molecule has 0 spiro atoms. The van der Waals surface area contributed by atoms with Crippen molar-refractivity contribution in [2.45, 2.75) is 52.2 Å². The standard InChI is InChI=1S/C30H34N4O3S/c1-30(2,3)37-27(35)18-33-15-13-23-26(17-33)38-28(31-23)29(36)34-16-12-22-20(8-6-10-25(22)34)19-7-5-9-24-21(19)11-14-32(24)4/h5-10H,11-18H2,1-4H3. The molecule has 8 heteroatoms. The highest BCUT2D eigenvalue weighted by molar-refractivity contribution is 7.13. The number of anilines is 2. The van der Waals surface area contributed by atoms with Crippen molar-refractivity contribution in [3.8, 4) is 11.1 Å². The van der Waals surface area contributed by atoms with Gasteiger partial charge in [-0.1, -0.05) is 24.3 Å². The molecule has 6 rings (SSSR count). The number of ether oxygens (including phenoxy) is 1. The maximum atomic E-state index is 13.7. The van der Waals surface area contributed by atoms with Crippen molar-refractivity contribution in [2.24, 2.45) is 0 Å². The number of thiazole rings is 1. The molecular weight excluding hydrogens is 496 g/mol. The Morgan fingerprint density at radius 2 is 1.63 bits per heavy atom. The maximum Gasteiger partial charge on any atom is 0.320 e. The maximum absolute atomic E-state index is 13.7. The average Bonchev–Trinajstić information content (AvgIpc) is 3.59. The van der Waals surface area contributed by atoms with Gasteiger partial charge in [0.2, 0.25) is 0 Å². The molecule has 0 aliphatic carbocycles. The lowest BCUT2D eigenvalue weighted by Gasteiger charge is -2.27. The normalized spacial score (nSPS) is 16.8. The summed E-state index contributed by atoms with van der Waals surface area (Å²) >= 11 is 1.46. The summed E-state index contributed by atoms with van der Waals surface area (Å²) in [6.07, 6.45) is 2.62. The van der Waals surface area contributed by atoms with E-state index in [0.29, 0.717) is 18.1 Å². The SMILES string of the molecule is CN1CCc2c(-c3cccc4c3CCN4C(=O)c3nc4c(s3)CN(CC(=O)OC(C)(C)C)CC4)cccc21. The van der Waals surface area contributed by atoms with Crippen LogP contribution in [0, 0.1) is 0 Å². The molecule has 1 amide bonds. The zero-order chi connectivity index (χ0) is 26.6. The number of hydrogen-bond donors (Lipinski definition) is 0. The summed E-state index contributed by atoms with van der Waals surface area (Å²) in [5.74, 6) is -0.251. The summed E-state index contributed by atoms with van der Waals surface area (Å²) in [5.41, 5.74) is 7.96. The summed E-state index contributed by atoms with van der Waals surface area (Å²) in [5, 5.41) is 0.537. The lowest BCUT2D eigenvalue weighted by atomic mass is 9.93. The van der Waals surface area contributed by atoms with Gasteiger partial charge in [-0.3, -0.25) is 14.5 Å². The van der Waals surface area contributed by atoms with Crippen LogP contribution in [0.3, 0.4) is 0 Å². The molecule has 0 saturated carbocycles. The summed E-state index contributed by atoms with van der Waals surface area (Å²) < 4.78 is 5.49. The Morgan fingerprint density at radius 3 is 2.37 bits per heavy atom. The first-order chi connectivity index (χ1) is 18.2. The number of likely N-dealkylation sites (N-methyl/N-ethyl adjacent to an activating group) is 1. The first-order valence-electron chi connectivity index (χ1n) is 13.4. The molecule has 4 heterocycles. The van der Waals surface area contributed by atoms with Gasteiger partial charge in [-0.25, -0.2) is 4.98 Å². The van der Waals surface area contributed by atoms with Gasteiger partial charge >= 0.3 is 5.97 Å². The van der Waals surface area contributed by atoms with Crippen LogP contribution >= 0.6 is 11.3 Å². The van der Waals surface area contributed by atoms with E-state index in [0.717, 1.165) is 48.6 Å². The molecule has 3 aliphatic rings. The number of rotatable bonds is 4. The second-order valence-electron chi connectivity index (χ2n) is 11.4. The first kappa shape index (κ1) is 25.1. The number of carbonyl (C=O) groups is 2. The highest BCUT2D eigenvalue weighted by Crippen LogP contribution is 2.42. The van der Waals surface area contributed by atoms with Crippen LogP contribution in [0.1, 0.15) is 52.3 Å². The highest BCUT2D eigenvalue weighted by Gasteiger charge is 2.32. The monoisotopic (exact) mass is 530 g/mol. The zero-order valence-corrected chi connectivity index (χ0v) is 23.4. The smallest absolute Gasteiger partial charge is 0.320 e. The third kappa shape index (κ3) is 4.60. The third-order valence-electron chi connectivity index (χ3n) is 7.59. The van der Waals surface area contributed by atoms with E-state index < -0.39 is 5.60 Å². The molecule has 0 bridgehead atoms. The summed E-state index contributed by atoms with van der Waals surface area (Å²) in [7, 11) is 2.15. The number of nitrogens with zero attached hydrogens (tertiary/aromatic N) is 4. The van der Waals surface area contributed by atoms with Gasteiger partial charge in [0.25, 0.3) is 5.91 Å². The largest absolute Gasteiger partial charge is 0.459 e. The van der Waals surface area contributed by atoms with Crippen molar-refractivity contribution < 1.29 is 14.3 Å². The van der Waals surface area contributed by atoms with E-state index in [1.807, 2.05) is 25.7 Å². The Hall–Kier alpha value is -3.23. The number of aromatic nitrogens is 1. The Bertz CT molecular complexity index is 1420. The van der Waals surface area contributed by atoms with Crippen molar-refractivity contribution in [2.75, 3.05) is 43.0 Å². The van der Waals surface area contributed by atoms with E-state index in [-0.39, 0.29) is 18.4 Å². The lowest BCUT2D eigenvalue weighted by Crippen LogP contribution is -2.37. The molecule has 38 heavy (non-hydrogen) atoms. The van der Waals surface area contributed by atoms with Crippen molar-refractivity contribution in [3.05, 3.63) is 63.1 Å². The van der Waals surface area contributed by atoms with Crippen LogP contribution in [0.4, 0.5) is 11.4 Å². The van der Waals surface area contributed by atoms with Gasteiger partial charge in [0.1, 0.15) is 5.60 Å². The van der Waals surface area contributed by atoms with Crippen LogP contribution in [0.2, 0.25) is 0 Å². The predicted molar refractivity (Wildman–Crippen MR) is 151 cm³/mol. The molecule has 7 nitrogen and oxygen atoms in total. The molecule has 0 N–H and O–H groups in total. The quantitative estimate of drug-likeness (QED) is 0.456. The number of benzene rings is 2. The molecule has 198 valence electrons. The van der Waals surface area contributed by atoms with Crippen LogP contribution in [-0.2, 0) is 35.3 Å². The zero-order valence-electron chi connectivity index (χ0n) is 22.5. The van der Waals surface area contributed by atoms with Crippen LogP contribution < -0.4 is 9.80 Å². The number of hydrogen-bond acceptors (Lipinski definition) is 7. The Labute approximate surface area is 228 Å². The number of esters is 1. The van der Waals surface area contributed by atoms with Crippen LogP contribution in [-0.4, -0.2) is 60.6 Å². The van der Waals surface area contributed by atoms with Crippen molar-refractivity contribution >= 4 is 34.6 Å². The van der Waals surface area contributed by atoms with Crippen molar-refractivity contribution in [3.63, 3.8) is 0 Å². The van der Waals surface area contributed by atoms with E-state index in [1.165, 1.54) is 39.3 Å². The lowest BCUT2D eigenvalue weighted by molar-refractivity contribution is -0.156. The summed E-state index contributed by atoms with van der Waals surface area (Å²) in [6, 6.07) is 12.9. The fourth-order valence-corrected chi connectivity index (χ4v) is 6.99. The van der Waals surface area contributed by atoms with Gasteiger partial charge in [0, 0.05) is 55.9 Å². The molecule has 0 radical (unpaired) electrons. The van der Waals surface area contributed by atoms with Gasteiger partial charge in [0.15, 0.2) is 5.01 Å². The number of carbonyl (C=O) groups excluding carboxylic acids is 2. The van der Waals surface area contributed by atoms with Crippen molar-refractivity contribution in [1.29, 1.82) is 0 Å². The first-order valence-corrected chi connectivity index (χ1v) is 14.2.